The predicted molar refractivity (Wildman–Crippen MR) is 129 cm³/mol. The summed E-state index contributed by atoms with van der Waals surface area (Å²) in [6.07, 6.45) is 4.65. The molecule has 1 saturated heterocycles. The Morgan fingerprint density at radius 1 is 1.12 bits per heavy atom. The Morgan fingerprint density at radius 2 is 1.91 bits per heavy atom. The highest BCUT2D eigenvalue weighted by Crippen LogP contribution is 2.28. The van der Waals surface area contributed by atoms with Gasteiger partial charge in [-0.25, -0.2) is 18.4 Å². The highest BCUT2D eigenvalue weighted by Gasteiger charge is 2.26. The van der Waals surface area contributed by atoms with Crippen LogP contribution in [0.2, 0.25) is 0 Å². The van der Waals surface area contributed by atoms with Gasteiger partial charge >= 0.3 is 0 Å². The maximum absolute atomic E-state index is 13.1. The smallest absolute Gasteiger partial charge is 0.260 e. The van der Waals surface area contributed by atoms with Crippen LogP contribution in [-0.4, -0.2) is 47.9 Å². The fourth-order valence-corrected chi connectivity index (χ4v) is 6.50. The first kappa shape index (κ1) is 22.9. The molecule has 0 saturated carbocycles. The van der Waals surface area contributed by atoms with E-state index in [2.05, 4.69) is 15.3 Å². The number of thiophene rings is 1. The van der Waals surface area contributed by atoms with Crippen molar-refractivity contribution in [3.05, 3.63) is 53.0 Å². The van der Waals surface area contributed by atoms with Crippen molar-refractivity contribution in [3.63, 3.8) is 0 Å². The molecule has 4 rings (SSSR count). The zero-order valence-corrected chi connectivity index (χ0v) is 20.3. The third-order valence-electron chi connectivity index (χ3n) is 5.26. The summed E-state index contributed by atoms with van der Waals surface area (Å²) in [6.45, 7) is 2.84. The molecule has 1 aliphatic heterocycles. The van der Waals surface area contributed by atoms with Gasteiger partial charge in [0.05, 0.1) is 21.0 Å². The standard InChI is InChI=1S/C22H24N4O3S3/c1-15-19(22(30-2)25-20(23-15)18-10-7-13-31-18)21(27)24-16-8-6-9-17(14-16)32(28,29)26-11-4-3-5-12-26/h6-10,13-14H,3-5,11-12H2,1-2H3,(H,24,27). The lowest BCUT2D eigenvalue weighted by Gasteiger charge is -2.26. The zero-order valence-electron chi connectivity index (χ0n) is 17.9. The van der Waals surface area contributed by atoms with E-state index in [-0.39, 0.29) is 10.8 Å². The molecule has 0 spiro atoms. The molecule has 1 aromatic carbocycles. The number of anilines is 1. The molecule has 3 heterocycles. The van der Waals surface area contributed by atoms with Crippen molar-refractivity contribution in [2.45, 2.75) is 36.1 Å². The molecule has 168 valence electrons. The Hall–Kier alpha value is -2.27. The van der Waals surface area contributed by atoms with Crippen LogP contribution in [0.5, 0.6) is 0 Å². The van der Waals surface area contributed by atoms with E-state index in [9.17, 15) is 13.2 Å². The Balaban J connectivity index is 1.60. The molecule has 32 heavy (non-hydrogen) atoms. The fourth-order valence-electron chi connectivity index (χ4n) is 3.65. The van der Waals surface area contributed by atoms with Gasteiger partial charge in [0.1, 0.15) is 5.03 Å². The van der Waals surface area contributed by atoms with Gasteiger partial charge in [-0.15, -0.1) is 23.1 Å². The summed E-state index contributed by atoms with van der Waals surface area (Å²) in [4.78, 5) is 23.3. The van der Waals surface area contributed by atoms with Gasteiger partial charge in [-0.2, -0.15) is 4.31 Å². The van der Waals surface area contributed by atoms with E-state index in [1.807, 2.05) is 23.8 Å². The average Bonchev–Trinajstić information content (AvgIpc) is 3.34. The van der Waals surface area contributed by atoms with Crippen LogP contribution in [0.25, 0.3) is 10.7 Å². The van der Waals surface area contributed by atoms with E-state index in [1.54, 1.807) is 36.5 Å². The number of hydrogen-bond donors (Lipinski definition) is 1. The minimum atomic E-state index is -3.58. The van der Waals surface area contributed by atoms with Gasteiger partial charge in [0.25, 0.3) is 5.91 Å². The van der Waals surface area contributed by atoms with Crippen molar-refractivity contribution < 1.29 is 13.2 Å². The lowest BCUT2D eigenvalue weighted by atomic mass is 10.2. The molecule has 0 atom stereocenters. The molecular formula is C22H24N4O3S3. The molecule has 0 aliphatic carbocycles. The number of carbonyl (C=O) groups is 1. The number of hydrogen-bond acceptors (Lipinski definition) is 7. The van der Waals surface area contributed by atoms with Gasteiger partial charge in [0.2, 0.25) is 10.0 Å². The number of rotatable bonds is 6. The van der Waals surface area contributed by atoms with E-state index >= 15 is 0 Å². The first-order valence-corrected chi connectivity index (χ1v) is 13.8. The van der Waals surface area contributed by atoms with Crippen LogP contribution in [0.4, 0.5) is 5.69 Å². The SMILES string of the molecule is CSc1nc(-c2cccs2)nc(C)c1C(=O)Nc1cccc(S(=O)(=O)N2CCCCC2)c1. The number of aryl methyl sites for hydroxylation is 1. The van der Waals surface area contributed by atoms with Crippen molar-refractivity contribution in [3.8, 4) is 10.7 Å². The number of sulfonamides is 1. The molecule has 3 aromatic rings. The predicted octanol–water partition coefficient (Wildman–Crippen LogP) is 4.66. The van der Waals surface area contributed by atoms with Crippen molar-refractivity contribution in [2.75, 3.05) is 24.7 Å². The second-order valence-electron chi connectivity index (χ2n) is 7.44. The minimum absolute atomic E-state index is 0.184. The highest BCUT2D eigenvalue weighted by atomic mass is 32.2. The monoisotopic (exact) mass is 488 g/mol. The number of nitrogens with zero attached hydrogens (tertiary/aromatic N) is 3. The Kier molecular flexibility index (Phi) is 6.94. The van der Waals surface area contributed by atoms with Crippen LogP contribution in [0.15, 0.2) is 51.7 Å². The van der Waals surface area contributed by atoms with Gasteiger partial charge in [0.15, 0.2) is 5.82 Å². The summed E-state index contributed by atoms with van der Waals surface area (Å²) in [6, 6.07) is 10.3. The van der Waals surface area contributed by atoms with Gasteiger partial charge in [0, 0.05) is 18.8 Å². The molecule has 0 bridgehead atoms. The Labute approximate surface area is 196 Å². The van der Waals surface area contributed by atoms with E-state index in [0.29, 0.717) is 40.9 Å². The van der Waals surface area contributed by atoms with Crippen molar-refractivity contribution in [1.29, 1.82) is 0 Å². The molecule has 1 N–H and O–H groups in total. The molecular weight excluding hydrogens is 464 g/mol. The molecule has 10 heteroatoms. The molecule has 1 aliphatic rings. The van der Waals surface area contributed by atoms with Crippen LogP contribution >= 0.6 is 23.1 Å². The molecule has 1 fully saturated rings. The summed E-state index contributed by atoms with van der Waals surface area (Å²) in [5.41, 5.74) is 1.38. The van der Waals surface area contributed by atoms with Gasteiger partial charge < -0.3 is 5.32 Å². The van der Waals surface area contributed by atoms with Crippen LogP contribution in [0, 0.1) is 6.92 Å². The molecule has 0 radical (unpaired) electrons. The Morgan fingerprint density at radius 3 is 2.59 bits per heavy atom. The summed E-state index contributed by atoms with van der Waals surface area (Å²) in [7, 11) is -3.58. The normalized spacial score (nSPS) is 14.9. The van der Waals surface area contributed by atoms with Gasteiger partial charge in [-0.3, -0.25) is 4.79 Å². The average molecular weight is 489 g/mol. The Bertz CT molecular complexity index is 1220. The number of piperidine rings is 1. The first-order valence-electron chi connectivity index (χ1n) is 10.3. The summed E-state index contributed by atoms with van der Waals surface area (Å²) in [5.74, 6) is 0.227. The molecule has 1 amide bonds. The number of carbonyl (C=O) groups excluding carboxylic acids is 1. The number of nitrogens with one attached hydrogen (secondary N) is 1. The molecule has 0 unspecified atom stereocenters. The summed E-state index contributed by atoms with van der Waals surface area (Å²) >= 11 is 2.92. The minimum Gasteiger partial charge on any atom is -0.322 e. The number of thioether (sulfide) groups is 1. The first-order chi connectivity index (χ1) is 15.4. The maximum atomic E-state index is 13.1. The zero-order chi connectivity index (χ0) is 22.7. The molecule has 7 nitrogen and oxygen atoms in total. The van der Waals surface area contributed by atoms with E-state index in [1.165, 1.54) is 22.1 Å². The van der Waals surface area contributed by atoms with E-state index < -0.39 is 10.0 Å². The highest BCUT2D eigenvalue weighted by molar-refractivity contribution is 7.98. The van der Waals surface area contributed by atoms with E-state index in [4.69, 9.17) is 0 Å². The molecule has 2 aromatic heterocycles. The van der Waals surface area contributed by atoms with Crippen molar-refractivity contribution in [2.24, 2.45) is 0 Å². The quantitative estimate of drug-likeness (QED) is 0.401. The van der Waals surface area contributed by atoms with Crippen LogP contribution in [0.1, 0.15) is 35.3 Å². The van der Waals surface area contributed by atoms with E-state index in [0.717, 1.165) is 24.1 Å². The third-order valence-corrected chi connectivity index (χ3v) is 8.71. The van der Waals surface area contributed by atoms with Crippen LogP contribution in [-0.2, 0) is 10.0 Å². The third kappa shape index (κ3) is 4.73. The summed E-state index contributed by atoms with van der Waals surface area (Å²) < 4.78 is 27.5. The van der Waals surface area contributed by atoms with Gasteiger partial charge in [-0.05, 0) is 55.7 Å². The second kappa shape index (κ2) is 9.70. The van der Waals surface area contributed by atoms with Crippen LogP contribution < -0.4 is 5.32 Å². The topological polar surface area (TPSA) is 92.3 Å². The summed E-state index contributed by atoms with van der Waals surface area (Å²) in [5, 5.41) is 5.37. The number of aromatic nitrogens is 2. The maximum Gasteiger partial charge on any atom is 0.260 e. The van der Waals surface area contributed by atoms with Gasteiger partial charge in [-0.1, -0.05) is 18.6 Å². The number of amides is 1. The van der Waals surface area contributed by atoms with Crippen molar-refractivity contribution in [1.82, 2.24) is 14.3 Å². The largest absolute Gasteiger partial charge is 0.322 e. The fraction of sp³-hybridized carbons (Fsp3) is 0.318. The second-order valence-corrected chi connectivity index (χ2v) is 11.1. The lowest BCUT2D eigenvalue weighted by Crippen LogP contribution is -2.35. The number of benzene rings is 1. The lowest BCUT2D eigenvalue weighted by molar-refractivity contribution is 0.102. The van der Waals surface area contributed by atoms with Crippen molar-refractivity contribution >= 4 is 44.7 Å². The van der Waals surface area contributed by atoms with Crippen LogP contribution in [0.3, 0.4) is 0 Å².